The van der Waals surface area contributed by atoms with Gasteiger partial charge >= 0.3 is 0 Å². The maximum Gasteiger partial charge on any atom is 0.0655 e. The molecule has 0 radical (unpaired) electrons. The van der Waals surface area contributed by atoms with Crippen molar-refractivity contribution in [1.29, 1.82) is 0 Å². The van der Waals surface area contributed by atoms with Crippen molar-refractivity contribution in [3.63, 3.8) is 0 Å². The predicted molar refractivity (Wildman–Crippen MR) is 78.9 cm³/mol. The van der Waals surface area contributed by atoms with Gasteiger partial charge in [-0.25, -0.2) is 0 Å². The van der Waals surface area contributed by atoms with Gasteiger partial charge in [-0.1, -0.05) is 34.6 Å². The Morgan fingerprint density at radius 1 is 1.17 bits per heavy atom. The summed E-state index contributed by atoms with van der Waals surface area (Å²) in [5.74, 6) is 0.933. The second kappa shape index (κ2) is 6.91. The molecule has 1 saturated carbocycles. The number of hydrogen-bond acceptors (Lipinski definition) is 2. The minimum absolute atomic E-state index is 0.358. The fourth-order valence-corrected chi connectivity index (χ4v) is 3.31. The zero-order chi connectivity index (χ0) is 13.8. The van der Waals surface area contributed by atoms with E-state index in [4.69, 9.17) is 4.74 Å². The Labute approximate surface area is 114 Å². The molecule has 1 heterocycles. The average Bonchev–Trinajstić information content (AvgIpc) is 2.38. The van der Waals surface area contributed by atoms with E-state index in [1.807, 2.05) is 13.8 Å². The molecule has 1 saturated heterocycles. The van der Waals surface area contributed by atoms with Gasteiger partial charge in [-0.15, -0.1) is 0 Å². The number of likely N-dealkylation sites (tertiary alicyclic amines) is 1. The molecule has 0 spiro atoms. The molecule has 1 aliphatic heterocycles. The van der Waals surface area contributed by atoms with Crippen molar-refractivity contribution in [3.8, 4) is 0 Å². The van der Waals surface area contributed by atoms with Crippen LogP contribution in [0.1, 0.15) is 60.8 Å². The molecule has 2 fully saturated rings. The van der Waals surface area contributed by atoms with Gasteiger partial charge in [0.2, 0.25) is 0 Å². The summed E-state index contributed by atoms with van der Waals surface area (Å²) >= 11 is 0. The molecule has 2 aliphatic rings. The van der Waals surface area contributed by atoms with Crippen molar-refractivity contribution in [2.45, 2.75) is 73.0 Å². The van der Waals surface area contributed by atoms with Gasteiger partial charge in [0.25, 0.3) is 0 Å². The fraction of sp³-hybridized carbons (Fsp3) is 1.00. The summed E-state index contributed by atoms with van der Waals surface area (Å²) in [7, 11) is 0. The van der Waals surface area contributed by atoms with Crippen molar-refractivity contribution in [1.82, 2.24) is 4.90 Å². The van der Waals surface area contributed by atoms with Crippen LogP contribution in [-0.2, 0) is 4.74 Å². The molecule has 18 heavy (non-hydrogen) atoms. The van der Waals surface area contributed by atoms with Crippen LogP contribution in [0, 0.1) is 11.3 Å². The lowest BCUT2D eigenvalue weighted by Crippen LogP contribution is -2.63. The molecule has 2 rings (SSSR count). The van der Waals surface area contributed by atoms with E-state index < -0.39 is 0 Å². The molecule has 2 nitrogen and oxygen atoms in total. The first kappa shape index (κ1) is 16.0. The zero-order valence-electron chi connectivity index (χ0n) is 13.3. The predicted octanol–water partition coefficient (Wildman–Crippen LogP) is 3.95. The monoisotopic (exact) mass is 255 g/mol. The van der Waals surface area contributed by atoms with Crippen LogP contribution in [0.3, 0.4) is 0 Å². The van der Waals surface area contributed by atoms with E-state index >= 15 is 0 Å². The molecule has 2 atom stereocenters. The van der Waals surface area contributed by atoms with Gasteiger partial charge in [0, 0.05) is 18.1 Å². The van der Waals surface area contributed by atoms with Crippen LogP contribution in [0.5, 0.6) is 0 Å². The van der Waals surface area contributed by atoms with E-state index in [1.54, 1.807) is 0 Å². The van der Waals surface area contributed by atoms with Crippen LogP contribution in [0.25, 0.3) is 0 Å². The van der Waals surface area contributed by atoms with E-state index in [1.165, 1.54) is 32.4 Å². The fourth-order valence-electron chi connectivity index (χ4n) is 3.31. The Kier molecular flexibility index (Phi) is 6.13. The highest BCUT2D eigenvalue weighted by Gasteiger charge is 2.51. The number of rotatable bonds is 3. The van der Waals surface area contributed by atoms with E-state index in [0.29, 0.717) is 11.5 Å². The molecule has 2 heteroatoms. The summed E-state index contributed by atoms with van der Waals surface area (Å²) in [6.07, 6.45) is 4.49. The molecule has 0 amide bonds. The normalized spacial score (nSPS) is 32.3. The Hall–Kier alpha value is -0.0800. The van der Waals surface area contributed by atoms with E-state index in [-0.39, 0.29) is 0 Å². The number of ether oxygens (including phenoxy) is 1. The Morgan fingerprint density at radius 2 is 1.72 bits per heavy atom. The minimum atomic E-state index is 0.358. The van der Waals surface area contributed by atoms with Gasteiger partial charge < -0.3 is 4.74 Å². The summed E-state index contributed by atoms with van der Waals surface area (Å²) < 4.78 is 5.81. The van der Waals surface area contributed by atoms with Crippen LogP contribution >= 0.6 is 0 Å². The third kappa shape index (κ3) is 3.27. The third-order valence-corrected chi connectivity index (χ3v) is 4.75. The van der Waals surface area contributed by atoms with Crippen molar-refractivity contribution in [2.75, 3.05) is 19.7 Å². The van der Waals surface area contributed by atoms with Gasteiger partial charge in [-0.3, -0.25) is 4.90 Å². The Balaban J connectivity index is 0.000000771. The lowest BCUT2D eigenvalue weighted by Gasteiger charge is -2.57. The first-order valence-electron chi connectivity index (χ1n) is 7.91. The number of piperidine rings is 1. The van der Waals surface area contributed by atoms with Gasteiger partial charge in [-0.2, -0.15) is 0 Å². The zero-order valence-corrected chi connectivity index (χ0v) is 13.3. The highest BCUT2D eigenvalue weighted by atomic mass is 16.5. The summed E-state index contributed by atoms with van der Waals surface area (Å²) in [6, 6.07) is 0.761. The average molecular weight is 255 g/mol. The van der Waals surface area contributed by atoms with Crippen LogP contribution in [-0.4, -0.2) is 36.7 Å². The highest BCUT2D eigenvalue weighted by Crippen LogP contribution is 2.46. The lowest BCUT2D eigenvalue weighted by molar-refractivity contribution is -0.153. The first-order valence-corrected chi connectivity index (χ1v) is 7.91. The van der Waals surface area contributed by atoms with Crippen molar-refractivity contribution < 1.29 is 4.74 Å². The highest BCUT2D eigenvalue weighted by molar-refractivity contribution is 5.04. The van der Waals surface area contributed by atoms with Crippen LogP contribution in [0.2, 0.25) is 0 Å². The van der Waals surface area contributed by atoms with Crippen molar-refractivity contribution in [2.24, 2.45) is 11.3 Å². The van der Waals surface area contributed by atoms with Gasteiger partial charge in [0.1, 0.15) is 0 Å². The molecule has 0 N–H and O–H groups in total. The van der Waals surface area contributed by atoms with Gasteiger partial charge in [0.05, 0.1) is 6.10 Å². The van der Waals surface area contributed by atoms with E-state index in [2.05, 4.69) is 32.6 Å². The SMILES string of the molecule is CC.CCOC1CC(N2CCC(C)CC2)C1(C)C. The maximum atomic E-state index is 5.81. The molecular weight excluding hydrogens is 222 g/mol. The topological polar surface area (TPSA) is 12.5 Å². The molecule has 108 valence electrons. The molecule has 0 aromatic heterocycles. The van der Waals surface area contributed by atoms with Crippen molar-refractivity contribution in [3.05, 3.63) is 0 Å². The van der Waals surface area contributed by atoms with Gasteiger partial charge in [0.15, 0.2) is 0 Å². The molecule has 2 unspecified atom stereocenters. The van der Waals surface area contributed by atoms with Crippen molar-refractivity contribution >= 4 is 0 Å². The Bertz CT molecular complexity index is 231. The first-order chi connectivity index (χ1) is 8.55. The maximum absolute atomic E-state index is 5.81. The van der Waals surface area contributed by atoms with E-state index in [9.17, 15) is 0 Å². The molecule has 1 aliphatic carbocycles. The quantitative estimate of drug-likeness (QED) is 0.757. The third-order valence-electron chi connectivity index (χ3n) is 4.75. The minimum Gasteiger partial charge on any atom is -0.378 e. The number of hydrogen-bond donors (Lipinski definition) is 0. The molecule has 0 aromatic carbocycles. The largest absolute Gasteiger partial charge is 0.378 e. The smallest absolute Gasteiger partial charge is 0.0655 e. The summed E-state index contributed by atoms with van der Waals surface area (Å²) in [5, 5.41) is 0. The van der Waals surface area contributed by atoms with E-state index in [0.717, 1.165) is 18.6 Å². The summed E-state index contributed by atoms with van der Waals surface area (Å²) in [6.45, 7) is 16.7. The molecule has 0 aromatic rings. The second-order valence-corrected chi connectivity index (χ2v) is 6.24. The second-order valence-electron chi connectivity index (χ2n) is 6.24. The van der Waals surface area contributed by atoms with Crippen LogP contribution in [0.15, 0.2) is 0 Å². The van der Waals surface area contributed by atoms with Gasteiger partial charge in [-0.05, 0) is 45.2 Å². The van der Waals surface area contributed by atoms with Crippen LogP contribution in [0.4, 0.5) is 0 Å². The molecule has 0 bridgehead atoms. The lowest BCUT2D eigenvalue weighted by atomic mass is 9.63. The number of nitrogens with zero attached hydrogens (tertiary/aromatic N) is 1. The summed E-state index contributed by atoms with van der Waals surface area (Å²) in [5.41, 5.74) is 0.358. The summed E-state index contributed by atoms with van der Waals surface area (Å²) in [4.78, 5) is 2.70. The Morgan fingerprint density at radius 3 is 2.17 bits per heavy atom. The van der Waals surface area contributed by atoms with Crippen LogP contribution < -0.4 is 0 Å². The standard InChI is InChI=1S/C14H27NO.C2H6/c1-5-16-13-10-12(14(13,3)4)15-8-6-11(2)7-9-15;1-2/h11-13H,5-10H2,1-4H3;1-2H3. The molecular formula is C16H33NO.